The Kier molecular flexibility index (Phi) is 4.87. The molecule has 0 unspecified atom stereocenters. The maximum absolute atomic E-state index is 5.39. The molecule has 0 saturated heterocycles. The Bertz CT molecular complexity index is 1100. The lowest BCUT2D eigenvalue weighted by Crippen LogP contribution is -2.08. The minimum atomic E-state index is 0.688. The fourth-order valence-electron chi connectivity index (χ4n) is 2.98. The predicted molar refractivity (Wildman–Crippen MR) is 111 cm³/mol. The summed E-state index contributed by atoms with van der Waals surface area (Å²) in [7, 11) is 7.31. The van der Waals surface area contributed by atoms with E-state index >= 15 is 0 Å². The molecule has 0 aliphatic carbocycles. The number of rotatable bonds is 6. The zero-order valence-electron chi connectivity index (χ0n) is 16.2. The minimum absolute atomic E-state index is 0.688. The highest BCUT2D eigenvalue weighted by molar-refractivity contribution is 7.16. The molecule has 0 amide bonds. The zero-order valence-corrected chi connectivity index (χ0v) is 17.0. The number of methoxy groups -OCH3 is 2. The van der Waals surface area contributed by atoms with Gasteiger partial charge in [-0.2, -0.15) is 9.61 Å². The molecular formula is C20H21N5O2S. The highest BCUT2D eigenvalue weighted by atomic mass is 32.1. The van der Waals surface area contributed by atoms with Crippen LogP contribution in [-0.4, -0.2) is 48.1 Å². The number of aromatic nitrogens is 4. The number of benzene rings is 2. The van der Waals surface area contributed by atoms with Crippen LogP contribution in [0, 0.1) is 0 Å². The summed E-state index contributed by atoms with van der Waals surface area (Å²) in [5.74, 6) is 2.17. The third-order valence-electron chi connectivity index (χ3n) is 4.48. The molecule has 0 N–H and O–H groups in total. The van der Waals surface area contributed by atoms with E-state index in [1.165, 1.54) is 11.3 Å². The molecule has 8 heteroatoms. The number of nitrogens with zero attached hydrogens (tertiary/aromatic N) is 5. The van der Waals surface area contributed by atoms with Crippen LogP contribution in [0.2, 0.25) is 0 Å². The number of hydrogen-bond donors (Lipinski definition) is 0. The van der Waals surface area contributed by atoms with Crippen molar-refractivity contribution in [3.8, 4) is 22.9 Å². The summed E-state index contributed by atoms with van der Waals surface area (Å²) >= 11 is 1.54. The Hall–Kier alpha value is -3.13. The molecule has 4 aromatic rings. The summed E-state index contributed by atoms with van der Waals surface area (Å²) in [4.78, 5) is 2.84. The van der Waals surface area contributed by atoms with Crippen molar-refractivity contribution >= 4 is 22.0 Å². The summed E-state index contributed by atoms with van der Waals surface area (Å²) in [5, 5.41) is 14.3. The van der Waals surface area contributed by atoms with Gasteiger partial charge in [-0.25, -0.2) is 0 Å². The maximum atomic E-state index is 5.39. The van der Waals surface area contributed by atoms with E-state index in [9.17, 15) is 0 Å². The topological polar surface area (TPSA) is 64.8 Å². The van der Waals surface area contributed by atoms with Crippen molar-refractivity contribution < 1.29 is 9.47 Å². The van der Waals surface area contributed by atoms with Crippen molar-refractivity contribution in [3.63, 3.8) is 0 Å². The van der Waals surface area contributed by atoms with Gasteiger partial charge in [0.15, 0.2) is 17.3 Å². The molecule has 2 aromatic heterocycles. The van der Waals surface area contributed by atoms with Gasteiger partial charge in [-0.05, 0) is 42.0 Å². The van der Waals surface area contributed by atoms with Gasteiger partial charge in [0.05, 0.1) is 14.2 Å². The molecule has 0 bridgehead atoms. The quantitative estimate of drug-likeness (QED) is 0.498. The first kappa shape index (κ1) is 18.2. The number of anilines is 1. The van der Waals surface area contributed by atoms with Gasteiger partial charge >= 0.3 is 0 Å². The van der Waals surface area contributed by atoms with Crippen molar-refractivity contribution in [3.05, 3.63) is 53.0 Å². The Morgan fingerprint density at radius 2 is 1.71 bits per heavy atom. The second kappa shape index (κ2) is 7.47. The average molecular weight is 395 g/mol. The van der Waals surface area contributed by atoms with Crippen LogP contribution in [0.25, 0.3) is 16.3 Å². The smallest absolute Gasteiger partial charge is 0.234 e. The van der Waals surface area contributed by atoms with Gasteiger partial charge < -0.3 is 14.4 Å². The normalized spacial score (nSPS) is 11.0. The lowest BCUT2D eigenvalue weighted by atomic mass is 10.1. The average Bonchev–Trinajstić information content (AvgIpc) is 3.28. The molecule has 7 nitrogen and oxygen atoms in total. The molecule has 0 radical (unpaired) electrons. The van der Waals surface area contributed by atoms with Crippen LogP contribution in [-0.2, 0) is 6.42 Å². The van der Waals surface area contributed by atoms with Gasteiger partial charge in [0, 0.05) is 31.8 Å². The van der Waals surface area contributed by atoms with E-state index in [1.807, 2.05) is 48.9 Å². The molecule has 0 spiro atoms. The van der Waals surface area contributed by atoms with Gasteiger partial charge in [0.1, 0.15) is 5.01 Å². The van der Waals surface area contributed by atoms with Crippen molar-refractivity contribution in [2.75, 3.05) is 33.2 Å². The van der Waals surface area contributed by atoms with Gasteiger partial charge in [-0.3, -0.25) is 0 Å². The first-order valence-electron chi connectivity index (χ1n) is 8.79. The summed E-state index contributed by atoms with van der Waals surface area (Å²) < 4.78 is 12.5. The first-order chi connectivity index (χ1) is 13.6. The zero-order chi connectivity index (χ0) is 19.7. The van der Waals surface area contributed by atoms with Crippen LogP contribution >= 0.6 is 11.3 Å². The molecule has 0 atom stereocenters. The number of fused-ring (bicyclic) bond motifs is 1. The number of hydrogen-bond acceptors (Lipinski definition) is 7. The van der Waals surface area contributed by atoms with Crippen LogP contribution in [0.3, 0.4) is 0 Å². The fourth-order valence-corrected chi connectivity index (χ4v) is 3.85. The van der Waals surface area contributed by atoms with Crippen LogP contribution in [0.4, 0.5) is 5.69 Å². The molecule has 28 heavy (non-hydrogen) atoms. The monoisotopic (exact) mass is 395 g/mol. The van der Waals surface area contributed by atoms with E-state index in [0.717, 1.165) is 32.6 Å². The lowest BCUT2D eigenvalue weighted by molar-refractivity contribution is 0.354. The van der Waals surface area contributed by atoms with Crippen LogP contribution < -0.4 is 14.4 Å². The molecule has 0 aliphatic rings. The van der Waals surface area contributed by atoms with Crippen molar-refractivity contribution in [1.82, 2.24) is 19.8 Å². The standard InChI is InChI=1S/C20H21N5O2S/c1-24(2)15-8-6-14(7-9-15)19-21-22-20-25(19)23-18(28-20)12-13-5-10-16(26-3)17(11-13)27-4/h5-11H,12H2,1-4H3. The molecule has 0 fully saturated rings. The highest BCUT2D eigenvalue weighted by Gasteiger charge is 2.14. The molecule has 2 heterocycles. The van der Waals surface area contributed by atoms with Crippen LogP contribution in [0.1, 0.15) is 10.6 Å². The van der Waals surface area contributed by atoms with E-state index in [-0.39, 0.29) is 0 Å². The van der Waals surface area contributed by atoms with Crippen LogP contribution in [0.15, 0.2) is 42.5 Å². The highest BCUT2D eigenvalue weighted by Crippen LogP contribution is 2.30. The number of ether oxygens (including phenoxy) is 2. The fraction of sp³-hybridized carbons (Fsp3) is 0.250. The maximum Gasteiger partial charge on any atom is 0.234 e. The van der Waals surface area contributed by atoms with E-state index in [2.05, 4.69) is 27.2 Å². The van der Waals surface area contributed by atoms with E-state index in [1.54, 1.807) is 14.2 Å². The second-order valence-corrected chi connectivity index (χ2v) is 7.56. The summed E-state index contributed by atoms with van der Waals surface area (Å²) in [6.07, 6.45) is 0.688. The van der Waals surface area contributed by atoms with Crippen molar-refractivity contribution in [1.29, 1.82) is 0 Å². The van der Waals surface area contributed by atoms with Crippen molar-refractivity contribution in [2.24, 2.45) is 0 Å². The lowest BCUT2D eigenvalue weighted by Gasteiger charge is -2.12. The van der Waals surface area contributed by atoms with E-state index < -0.39 is 0 Å². The molecule has 4 rings (SSSR count). The van der Waals surface area contributed by atoms with Crippen molar-refractivity contribution in [2.45, 2.75) is 6.42 Å². The van der Waals surface area contributed by atoms with E-state index in [0.29, 0.717) is 17.9 Å². The van der Waals surface area contributed by atoms with Crippen LogP contribution in [0.5, 0.6) is 11.5 Å². The second-order valence-electron chi connectivity index (χ2n) is 6.52. The minimum Gasteiger partial charge on any atom is -0.493 e. The Morgan fingerprint density at radius 1 is 0.964 bits per heavy atom. The summed E-state index contributed by atoms with van der Waals surface area (Å²) in [6.45, 7) is 0. The SMILES string of the molecule is COc1ccc(Cc2nn3c(-c4ccc(N(C)C)cc4)nnc3s2)cc1OC. The Balaban J connectivity index is 1.62. The third-order valence-corrected chi connectivity index (χ3v) is 5.38. The van der Waals surface area contributed by atoms with E-state index in [4.69, 9.17) is 14.6 Å². The molecular weight excluding hydrogens is 374 g/mol. The molecule has 0 aliphatic heterocycles. The third kappa shape index (κ3) is 3.38. The van der Waals surface area contributed by atoms with Gasteiger partial charge in [-0.1, -0.05) is 17.4 Å². The Labute approximate surface area is 167 Å². The molecule has 2 aromatic carbocycles. The Morgan fingerprint density at radius 3 is 2.39 bits per heavy atom. The van der Waals surface area contributed by atoms with Gasteiger partial charge in [0.25, 0.3) is 0 Å². The summed E-state index contributed by atoms with van der Waals surface area (Å²) in [5.41, 5.74) is 3.22. The molecule has 144 valence electrons. The summed E-state index contributed by atoms with van der Waals surface area (Å²) in [6, 6.07) is 14.1. The van der Waals surface area contributed by atoms with Gasteiger partial charge in [0.2, 0.25) is 4.96 Å². The predicted octanol–water partition coefficient (Wildman–Crippen LogP) is 3.53. The first-order valence-corrected chi connectivity index (χ1v) is 9.60. The van der Waals surface area contributed by atoms with Gasteiger partial charge in [-0.15, -0.1) is 10.2 Å². The largest absolute Gasteiger partial charge is 0.493 e. The molecule has 0 saturated carbocycles.